The van der Waals surface area contributed by atoms with Crippen molar-refractivity contribution in [1.82, 2.24) is 5.32 Å². The highest BCUT2D eigenvalue weighted by Gasteiger charge is 2.22. The van der Waals surface area contributed by atoms with E-state index < -0.39 is 27.8 Å². The second-order valence-corrected chi connectivity index (χ2v) is 7.92. The molecule has 0 aromatic heterocycles. The topological polar surface area (TPSA) is 117 Å². The summed E-state index contributed by atoms with van der Waals surface area (Å²) < 4.78 is 42.9. The largest absolute Gasteiger partial charge is 0.493 e. The van der Waals surface area contributed by atoms with Gasteiger partial charge in [0.15, 0.2) is 11.5 Å². The SMILES string of the molecule is COC(=O)/C(=C/c1cccc(OC)c1OS(C)(=O)=O)NC(=O)OC(C)(C)C. The number of methoxy groups -OCH3 is 2. The fourth-order valence-corrected chi connectivity index (χ4v) is 2.35. The Kier molecular flexibility index (Phi) is 7.23. The Morgan fingerprint density at radius 1 is 1.15 bits per heavy atom. The highest BCUT2D eigenvalue weighted by atomic mass is 32.2. The predicted octanol–water partition coefficient (Wildman–Crippen LogP) is 2.07. The van der Waals surface area contributed by atoms with Crippen molar-refractivity contribution >= 4 is 28.3 Å². The molecular weight excluding hydrogens is 378 g/mol. The van der Waals surface area contributed by atoms with Gasteiger partial charge in [-0.2, -0.15) is 8.42 Å². The van der Waals surface area contributed by atoms with E-state index in [1.165, 1.54) is 25.3 Å². The zero-order valence-electron chi connectivity index (χ0n) is 16.0. The van der Waals surface area contributed by atoms with Crippen molar-refractivity contribution < 1.29 is 36.4 Å². The molecule has 0 aliphatic carbocycles. The Labute approximate surface area is 158 Å². The first kappa shape index (κ1) is 22.3. The Hall–Kier alpha value is -2.75. The summed E-state index contributed by atoms with van der Waals surface area (Å²) in [5.74, 6) is -0.889. The number of carbonyl (C=O) groups is 2. The van der Waals surface area contributed by atoms with Crippen LogP contribution < -0.4 is 14.2 Å². The van der Waals surface area contributed by atoms with Crippen LogP contribution in [0.5, 0.6) is 11.5 Å². The molecule has 27 heavy (non-hydrogen) atoms. The lowest BCUT2D eigenvalue weighted by Gasteiger charge is -2.20. The monoisotopic (exact) mass is 401 g/mol. The number of carbonyl (C=O) groups excluding carboxylic acids is 2. The lowest BCUT2D eigenvalue weighted by Crippen LogP contribution is -2.34. The van der Waals surface area contributed by atoms with Crippen LogP contribution in [-0.4, -0.2) is 46.6 Å². The molecule has 1 aromatic rings. The van der Waals surface area contributed by atoms with Gasteiger partial charge in [-0.3, -0.25) is 5.32 Å². The van der Waals surface area contributed by atoms with E-state index in [4.69, 9.17) is 13.7 Å². The zero-order valence-corrected chi connectivity index (χ0v) is 16.8. The average molecular weight is 401 g/mol. The van der Waals surface area contributed by atoms with Gasteiger partial charge in [0, 0.05) is 5.56 Å². The number of hydrogen-bond acceptors (Lipinski definition) is 8. The summed E-state index contributed by atoms with van der Waals surface area (Å²) in [6, 6.07) is 4.52. The summed E-state index contributed by atoms with van der Waals surface area (Å²) in [5.41, 5.74) is -0.902. The minimum Gasteiger partial charge on any atom is -0.493 e. The quantitative estimate of drug-likeness (QED) is 0.437. The first-order valence-corrected chi connectivity index (χ1v) is 9.54. The highest BCUT2D eigenvalue weighted by molar-refractivity contribution is 7.86. The standard InChI is InChI=1S/C17H23NO8S/c1-17(2,3)25-16(20)18-12(15(19)24-5)10-11-8-7-9-13(23-4)14(11)26-27(6,21)22/h7-10H,1-6H3,(H,18,20)/b12-10-. The Morgan fingerprint density at radius 3 is 2.26 bits per heavy atom. The van der Waals surface area contributed by atoms with Gasteiger partial charge >= 0.3 is 22.2 Å². The summed E-state index contributed by atoms with van der Waals surface area (Å²) >= 11 is 0. The molecule has 0 saturated heterocycles. The second kappa shape index (κ2) is 8.76. The molecule has 0 unspecified atom stereocenters. The molecule has 9 nitrogen and oxygen atoms in total. The van der Waals surface area contributed by atoms with Crippen molar-refractivity contribution in [3.05, 3.63) is 29.5 Å². The summed E-state index contributed by atoms with van der Waals surface area (Å²) in [6.45, 7) is 4.98. The third kappa shape index (κ3) is 7.57. The first-order chi connectivity index (χ1) is 12.4. The fourth-order valence-electron chi connectivity index (χ4n) is 1.87. The van der Waals surface area contributed by atoms with Crippen LogP contribution in [-0.2, 0) is 24.4 Å². The van der Waals surface area contributed by atoms with Gasteiger partial charge < -0.3 is 18.4 Å². The number of benzene rings is 1. The van der Waals surface area contributed by atoms with Crippen LogP contribution >= 0.6 is 0 Å². The van der Waals surface area contributed by atoms with Crippen molar-refractivity contribution in [2.24, 2.45) is 0 Å². The van der Waals surface area contributed by atoms with Gasteiger partial charge in [-0.25, -0.2) is 9.59 Å². The van der Waals surface area contributed by atoms with E-state index in [2.05, 4.69) is 10.1 Å². The van der Waals surface area contributed by atoms with Crippen molar-refractivity contribution in [3.8, 4) is 11.5 Å². The second-order valence-electron chi connectivity index (χ2n) is 6.34. The van der Waals surface area contributed by atoms with E-state index >= 15 is 0 Å². The molecule has 1 amide bonds. The summed E-state index contributed by atoms with van der Waals surface area (Å²) in [6.07, 6.45) is 1.18. The number of ether oxygens (including phenoxy) is 3. The minimum absolute atomic E-state index is 0.121. The molecular formula is C17H23NO8S. The summed E-state index contributed by atoms with van der Waals surface area (Å²) in [4.78, 5) is 24.0. The number of nitrogens with one attached hydrogen (secondary N) is 1. The van der Waals surface area contributed by atoms with Gasteiger partial charge in [-0.1, -0.05) is 12.1 Å². The van der Waals surface area contributed by atoms with Crippen LogP contribution in [0, 0.1) is 0 Å². The molecule has 0 radical (unpaired) electrons. The number of hydrogen-bond donors (Lipinski definition) is 1. The van der Waals surface area contributed by atoms with Crippen molar-refractivity contribution in [3.63, 3.8) is 0 Å². The molecule has 1 N–H and O–H groups in total. The third-order valence-electron chi connectivity index (χ3n) is 2.80. The number of alkyl carbamates (subject to hydrolysis) is 1. The van der Waals surface area contributed by atoms with E-state index in [-0.39, 0.29) is 22.8 Å². The van der Waals surface area contributed by atoms with Gasteiger partial charge in [0.2, 0.25) is 0 Å². The van der Waals surface area contributed by atoms with Gasteiger partial charge in [0.25, 0.3) is 0 Å². The van der Waals surface area contributed by atoms with Crippen LogP contribution in [0.3, 0.4) is 0 Å². The number of rotatable bonds is 6. The molecule has 0 saturated carbocycles. The number of para-hydroxylation sites is 1. The van der Waals surface area contributed by atoms with Crippen LogP contribution in [0.25, 0.3) is 6.08 Å². The smallest absolute Gasteiger partial charge is 0.412 e. The van der Waals surface area contributed by atoms with Gasteiger partial charge in [-0.05, 0) is 32.9 Å². The number of esters is 1. The maximum atomic E-state index is 12.0. The Bertz CT molecular complexity index is 837. The van der Waals surface area contributed by atoms with Crippen molar-refractivity contribution in [1.29, 1.82) is 0 Å². The van der Waals surface area contributed by atoms with Crippen LogP contribution in [0.2, 0.25) is 0 Å². The Balaban J connectivity index is 3.38. The average Bonchev–Trinajstić information content (AvgIpc) is 2.51. The first-order valence-electron chi connectivity index (χ1n) is 7.72. The van der Waals surface area contributed by atoms with Crippen molar-refractivity contribution in [2.75, 3.05) is 20.5 Å². The molecule has 0 aliphatic rings. The van der Waals surface area contributed by atoms with E-state index in [1.54, 1.807) is 26.8 Å². The van der Waals surface area contributed by atoms with E-state index in [1.807, 2.05) is 0 Å². The molecule has 0 heterocycles. The minimum atomic E-state index is -3.88. The molecule has 1 aromatic carbocycles. The van der Waals surface area contributed by atoms with E-state index in [0.29, 0.717) is 0 Å². The van der Waals surface area contributed by atoms with Gasteiger partial charge in [0.1, 0.15) is 11.3 Å². The molecule has 1 rings (SSSR count). The van der Waals surface area contributed by atoms with Crippen molar-refractivity contribution in [2.45, 2.75) is 26.4 Å². The molecule has 0 bridgehead atoms. The van der Waals surface area contributed by atoms with Crippen LogP contribution in [0.15, 0.2) is 23.9 Å². The highest BCUT2D eigenvalue weighted by Crippen LogP contribution is 2.33. The fraction of sp³-hybridized carbons (Fsp3) is 0.412. The lowest BCUT2D eigenvalue weighted by atomic mass is 10.1. The normalized spacial score (nSPS) is 12.1. The lowest BCUT2D eigenvalue weighted by molar-refractivity contribution is -0.136. The maximum absolute atomic E-state index is 12.0. The molecule has 150 valence electrons. The Morgan fingerprint density at radius 2 is 1.78 bits per heavy atom. The summed E-state index contributed by atoms with van der Waals surface area (Å²) in [7, 11) is -1.42. The van der Waals surface area contributed by atoms with Gasteiger partial charge in [-0.15, -0.1) is 0 Å². The third-order valence-corrected chi connectivity index (χ3v) is 3.27. The summed E-state index contributed by atoms with van der Waals surface area (Å²) in [5, 5.41) is 2.28. The molecule has 0 spiro atoms. The molecule has 0 atom stereocenters. The predicted molar refractivity (Wildman–Crippen MR) is 97.8 cm³/mol. The molecule has 0 fully saturated rings. The van der Waals surface area contributed by atoms with Gasteiger partial charge in [0.05, 0.1) is 20.5 Å². The maximum Gasteiger partial charge on any atom is 0.412 e. The van der Waals surface area contributed by atoms with E-state index in [9.17, 15) is 18.0 Å². The van der Waals surface area contributed by atoms with Crippen LogP contribution in [0.1, 0.15) is 26.3 Å². The zero-order chi connectivity index (χ0) is 20.8. The molecule has 10 heteroatoms. The van der Waals surface area contributed by atoms with E-state index in [0.717, 1.165) is 13.4 Å². The molecule has 0 aliphatic heterocycles. The number of amides is 1. The van der Waals surface area contributed by atoms with Crippen LogP contribution in [0.4, 0.5) is 4.79 Å².